The van der Waals surface area contributed by atoms with Gasteiger partial charge in [-0.2, -0.15) is 11.8 Å². The van der Waals surface area contributed by atoms with E-state index in [0.717, 1.165) is 11.8 Å². The summed E-state index contributed by atoms with van der Waals surface area (Å²) in [6.07, 6.45) is 3.18. The number of esters is 1. The highest BCUT2D eigenvalue weighted by Crippen LogP contribution is 2.22. The molecule has 1 aromatic heterocycles. The van der Waals surface area contributed by atoms with Gasteiger partial charge in [0.25, 0.3) is 0 Å². The fourth-order valence-corrected chi connectivity index (χ4v) is 1.54. The fraction of sp³-hybridized carbons (Fsp3) is 0.400. The van der Waals surface area contributed by atoms with E-state index < -0.39 is 10.9 Å². The van der Waals surface area contributed by atoms with Gasteiger partial charge in [0.15, 0.2) is 0 Å². The Morgan fingerprint density at radius 1 is 1.67 bits per heavy atom. The van der Waals surface area contributed by atoms with E-state index in [1.165, 1.54) is 13.3 Å². The van der Waals surface area contributed by atoms with Crippen LogP contribution in [0.15, 0.2) is 12.3 Å². The molecular weight excluding hydrogens is 258 g/mol. The van der Waals surface area contributed by atoms with E-state index in [1.807, 2.05) is 6.26 Å². The van der Waals surface area contributed by atoms with Gasteiger partial charge in [-0.15, -0.1) is 0 Å². The Kier molecular flexibility index (Phi) is 5.37. The molecule has 1 aromatic rings. The predicted octanol–water partition coefficient (Wildman–Crippen LogP) is 1.55. The predicted molar refractivity (Wildman–Crippen MR) is 69.1 cm³/mol. The molecule has 98 valence electrons. The molecule has 0 radical (unpaired) electrons. The summed E-state index contributed by atoms with van der Waals surface area (Å²) in [7, 11) is 1.21. The molecule has 0 amide bonds. The van der Waals surface area contributed by atoms with Gasteiger partial charge in [-0.25, -0.2) is 9.78 Å². The summed E-state index contributed by atoms with van der Waals surface area (Å²) >= 11 is 1.61. The number of anilines is 1. The van der Waals surface area contributed by atoms with Gasteiger partial charge < -0.3 is 10.1 Å². The zero-order chi connectivity index (χ0) is 13.5. The summed E-state index contributed by atoms with van der Waals surface area (Å²) in [6, 6.07) is 1.15. The molecule has 1 N–H and O–H groups in total. The first-order chi connectivity index (χ1) is 8.60. The second-order valence-electron chi connectivity index (χ2n) is 3.26. The Bertz CT molecular complexity index is 453. The molecule has 0 aliphatic carbocycles. The molecule has 0 fully saturated rings. The van der Waals surface area contributed by atoms with Crippen molar-refractivity contribution in [1.29, 1.82) is 0 Å². The van der Waals surface area contributed by atoms with Crippen LogP contribution in [-0.2, 0) is 4.74 Å². The standard InChI is InChI=1S/C10H13N3O4S/c1-17-10(14)7-5-8(13(15)16)9(12-6-7)11-3-4-18-2/h5-6H,3-4H2,1-2H3,(H,11,12). The first-order valence-corrected chi connectivity index (χ1v) is 6.45. The molecule has 1 heterocycles. The maximum atomic E-state index is 11.3. The highest BCUT2D eigenvalue weighted by molar-refractivity contribution is 7.98. The van der Waals surface area contributed by atoms with Crippen LogP contribution in [0.4, 0.5) is 11.5 Å². The molecule has 8 heteroatoms. The van der Waals surface area contributed by atoms with Gasteiger partial charge in [0.1, 0.15) is 0 Å². The number of ether oxygens (including phenoxy) is 1. The van der Waals surface area contributed by atoms with Crippen LogP contribution in [0.2, 0.25) is 0 Å². The number of aromatic nitrogens is 1. The SMILES string of the molecule is COC(=O)c1cnc(NCCSC)c([N+](=O)[O-])c1. The number of hydrogen-bond donors (Lipinski definition) is 1. The summed E-state index contributed by atoms with van der Waals surface area (Å²) in [5.41, 5.74) is -0.182. The van der Waals surface area contributed by atoms with Crippen molar-refractivity contribution in [2.75, 3.05) is 31.0 Å². The minimum Gasteiger partial charge on any atom is -0.465 e. The van der Waals surface area contributed by atoms with E-state index in [0.29, 0.717) is 6.54 Å². The second-order valence-corrected chi connectivity index (χ2v) is 4.25. The third kappa shape index (κ3) is 3.59. The van der Waals surface area contributed by atoms with Crippen LogP contribution >= 0.6 is 11.8 Å². The summed E-state index contributed by atoms with van der Waals surface area (Å²) < 4.78 is 4.48. The number of rotatable bonds is 6. The summed E-state index contributed by atoms with van der Waals surface area (Å²) in [5.74, 6) is 0.306. The molecule has 0 aliphatic rings. The molecule has 1 rings (SSSR count). The highest BCUT2D eigenvalue weighted by atomic mass is 32.2. The third-order valence-electron chi connectivity index (χ3n) is 2.08. The minimum atomic E-state index is -0.652. The molecule has 0 aliphatic heterocycles. The molecule has 7 nitrogen and oxygen atoms in total. The van der Waals surface area contributed by atoms with Crippen molar-refractivity contribution in [2.24, 2.45) is 0 Å². The fourth-order valence-electron chi connectivity index (χ4n) is 1.23. The normalized spacial score (nSPS) is 9.89. The van der Waals surface area contributed by atoms with E-state index in [2.05, 4.69) is 15.0 Å². The lowest BCUT2D eigenvalue weighted by Crippen LogP contribution is -2.10. The Labute approximate surface area is 108 Å². The van der Waals surface area contributed by atoms with Crippen LogP contribution in [-0.4, -0.2) is 41.5 Å². The van der Waals surface area contributed by atoms with Gasteiger partial charge >= 0.3 is 11.7 Å². The number of methoxy groups -OCH3 is 1. The van der Waals surface area contributed by atoms with E-state index in [-0.39, 0.29) is 17.1 Å². The van der Waals surface area contributed by atoms with Crippen molar-refractivity contribution in [1.82, 2.24) is 4.98 Å². The second kappa shape index (κ2) is 6.80. The molecule has 0 bridgehead atoms. The third-order valence-corrected chi connectivity index (χ3v) is 2.70. The van der Waals surface area contributed by atoms with E-state index in [9.17, 15) is 14.9 Å². The van der Waals surface area contributed by atoms with Crippen LogP contribution in [0.1, 0.15) is 10.4 Å². The average Bonchev–Trinajstić information content (AvgIpc) is 2.38. The maximum absolute atomic E-state index is 11.3. The minimum absolute atomic E-state index is 0.0552. The zero-order valence-electron chi connectivity index (χ0n) is 10.0. The van der Waals surface area contributed by atoms with Gasteiger partial charge in [-0.05, 0) is 6.26 Å². The first-order valence-electron chi connectivity index (χ1n) is 5.05. The zero-order valence-corrected chi connectivity index (χ0v) is 10.8. The molecule has 0 spiro atoms. The quantitative estimate of drug-likeness (QED) is 0.363. The van der Waals surface area contributed by atoms with Crippen LogP contribution in [0.3, 0.4) is 0 Å². The molecule has 0 unspecified atom stereocenters. The summed E-state index contributed by atoms with van der Waals surface area (Å²) in [6.45, 7) is 0.562. The number of hydrogen-bond acceptors (Lipinski definition) is 7. The molecule has 0 saturated heterocycles. The Morgan fingerprint density at radius 2 is 2.39 bits per heavy atom. The monoisotopic (exact) mass is 271 g/mol. The van der Waals surface area contributed by atoms with Gasteiger partial charge in [0, 0.05) is 24.6 Å². The topological polar surface area (TPSA) is 94.4 Å². The number of nitrogens with one attached hydrogen (secondary N) is 1. The lowest BCUT2D eigenvalue weighted by molar-refractivity contribution is -0.384. The van der Waals surface area contributed by atoms with Crippen molar-refractivity contribution in [3.8, 4) is 0 Å². The highest BCUT2D eigenvalue weighted by Gasteiger charge is 2.19. The number of carbonyl (C=O) groups is 1. The Balaban J connectivity index is 2.97. The lowest BCUT2D eigenvalue weighted by Gasteiger charge is -2.06. The van der Waals surface area contributed by atoms with Crippen LogP contribution in [0.5, 0.6) is 0 Å². The number of pyridine rings is 1. The van der Waals surface area contributed by atoms with E-state index in [4.69, 9.17) is 0 Å². The Morgan fingerprint density at radius 3 is 2.94 bits per heavy atom. The number of nitro groups is 1. The van der Waals surface area contributed by atoms with Crippen molar-refractivity contribution >= 4 is 29.2 Å². The number of nitrogens with zero attached hydrogens (tertiary/aromatic N) is 2. The molecular formula is C10H13N3O4S. The number of carbonyl (C=O) groups excluding carboxylic acids is 1. The molecule has 18 heavy (non-hydrogen) atoms. The van der Waals surface area contributed by atoms with Crippen LogP contribution in [0.25, 0.3) is 0 Å². The summed E-state index contributed by atoms with van der Waals surface area (Å²) in [4.78, 5) is 25.4. The maximum Gasteiger partial charge on any atom is 0.339 e. The van der Waals surface area contributed by atoms with E-state index >= 15 is 0 Å². The average molecular weight is 271 g/mol. The van der Waals surface area contributed by atoms with Gasteiger partial charge in [0.05, 0.1) is 17.6 Å². The smallest absolute Gasteiger partial charge is 0.339 e. The first kappa shape index (κ1) is 14.2. The van der Waals surface area contributed by atoms with Crippen LogP contribution in [0, 0.1) is 10.1 Å². The van der Waals surface area contributed by atoms with Gasteiger partial charge in [-0.3, -0.25) is 10.1 Å². The largest absolute Gasteiger partial charge is 0.465 e. The van der Waals surface area contributed by atoms with Gasteiger partial charge in [0.2, 0.25) is 5.82 Å². The van der Waals surface area contributed by atoms with E-state index in [1.54, 1.807) is 11.8 Å². The lowest BCUT2D eigenvalue weighted by atomic mass is 10.2. The summed E-state index contributed by atoms with van der Waals surface area (Å²) in [5, 5.41) is 13.7. The van der Waals surface area contributed by atoms with Gasteiger partial charge in [-0.1, -0.05) is 0 Å². The van der Waals surface area contributed by atoms with Crippen LogP contribution < -0.4 is 5.32 Å². The Hall–Kier alpha value is -1.83. The molecule has 0 aromatic carbocycles. The van der Waals surface area contributed by atoms with Crippen molar-refractivity contribution in [2.45, 2.75) is 0 Å². The van der Waals surface area contributed by atoms with Crippen molar-refractivity contribution < 1.29 is 14.5 Å². The molecule has 0 atom stereocenters. The van der Waals surface area contributed by atoms with Crippen molar-refractivity contribution in [3.63, 3.8) is 0 Å². The molecule has 0 saturated carbocycles. The number of thioether (sulfide) groups is 1. The van der Waals surface area contributed by atoms with Crippen molar-refractivity contribution in [3.05, 3.63) is 27.9 Å².